The van der Waals surface area contributed by atoms with Crippen molar-refractivity contribution in [3.8, 4) is 5.75 Å². The number of carbonyl (C=O) groups excluding carboxylic acids is 1. The highest BCUT2D eigenvalue weighted by atomic mass is 16.5. The quantitative estimate of drug-likeness (QED) is 0.541. The number of nitrogens with one attached hydrogen (secondary N) is 1. The normalized spacial score (nSPS) is 10.2. The average molecular weight is 267 g/mol. The van der Waals surface area contributed by atoms with Crippen LogP contribution in [0.4, 0.5) is 0 Å². The highest BCUT2D eigenvalue weighted by Crippen LogP contribution is 2.13. The summed E-state index contributed by atoms with van der Waals surface area (Å²) in [7, 11) is 3.05. The SMILES string of the molecule is COCCNCc1cccc(OCCC(=O)OC)c1. The molecule has 0 heterocycles. The number of benzene rings is 1. The molecule has 5 heteroatoms. The smallest absolute Gasteiger partial charge is 0.308 e. The molecule has 0 spiro atoms. The van der Waals surface area contributed by atoms with Crippen LogP contribution in [0.15, 0.2) is 24.3 Å². The molecule has 1 aromatic carbocycles. The summed E-state index contributed by atoms with van der Waals surface area (Å²) in [4.78, 5) is 10.9. The van der Waals surface area contributed by atoms with Gasteiger partial charge in [-0.2, -0.15) is 0 Å². The van der Waals surface area contributed by atoms with Crippen molar-refractivity contribution in [3.63, 3.8) is 0 Å². The largest absolute Gasteiger partial charge is 0.493 e. The minimum absolute atomic E-state index is 0.257. The molecule has 0 aliphatic rings. The average Bonchev–Trinajstić information content (AvgIpc) is 2.44. The Bertz CT molecular complexity index is 381. The van der Waals surface area contributed by atoms with Gasteiger partial charge in [-0.25, -0.2) is 0 Å². The van der Waals surface area contributed by atoms with E-state index in [2.05, 4.69) is 10.1 Å². The summed E-state index contributed by atoms with van der Waals surface area (Å²) in [6, 6.07) is 7.78. The van der Waals surface area contributed by atoms with Crippen molar-refractivity contribution in [1.82, 2.24) is 5.32 Å². The van der Waals surface area contributed by atoms with E-state index in [9.17, 15) is 4.79 Å². The van der Waals surface area contributed by atoms with Gasteiger partial charge in [0.25, 0.3) is 0 Å². The van der Waals surface area contributed by atoms with Gasteiger partial charge in [0.15, 0.2) is 0 Å². The van der Waals surface area contributed by atoms with E-state index in [0.29, 0.717) is 13.2 Å². The molecule has 0 aliphatic carbocycles. The summed E-state index contributed by atoms with van der Waals surface area (Å²) in [5.74, 6) is 0.493. The van der Waals surface area contributed by atoms with Gasteiger partial charge in [-0.3, -0.25) is 4.79 Å². The van der Waals surface area contributed by atoms with Gasteiger partial charge >= 0.3 is 5.97 Å². The number of carbonyl (C=O) groups is 1. The molecule has 0 bridgehead atoms. The third kappa shape index (κ3) is 6.79. The number of methoxy groups -OCH3 is 2. The van der Waals surface area contributed by atoms with Crippen LogP contribution in [-0.4, -0.2) is 39.9 Å². The molecular weight excluding hydrogens is 246 g/mol. The van der Waals surface area contributed by atoms with Crippen molar-refractivity contribution < 1.29 is 19.0 Å². The second-order valence-corrected chi connectivity index (χ2v) is 3.99. The van der Waals surface area contributed by atoms with Gasteiger partial charge in [0.1, 0.15) is 5.75 Å². The summed E-state index contributed by atoms with van der Waals surface area (Å²) < 4.78 is 15.0. The molecule has 106 valence electrons. The standard InChI is InChI=1S/C14H21NO4/c1-17-9-7-15-11-12-4-3-5-13(10-12)19-8-6-14(16)18-2/h3-5,10,15H,6-9,11H2,1-2H3. The fraction of sp³-hybridized carbons (Fsp3) is 0.500. The maximum atomic E-state index is 10.9. The number of hydrogen-bond acceptors (Lipinski definition) is 5. The number of rotatable bonds is 9. The third-order valence-electron chi connectivity index (χ3n) is 2.51. The number of esters is 1. The first kappa shape index (κ1) is 15.5. The zero-order valence-electron chi connectivity index (χ0n) is 11.5. The third-order valence-corrected chi connectivity index (χ3v) is 2.51. The van der Waals surface area contributed by atoms with Gasteiger partial charge in [-0.15, -0.1) is 0 Å². The van der Waals surface area contributed by atoms with Crippen molar-refractivity contribution in [2.24, 2.45) is 0 Å². The molecule has 5 nitrogen and oxygen atoms in total. The maximum absolute atomic E-state index is 10.9. The molecule has 0 saturated heterocycles. The van der Waals surface area contributed by atoms with Crippen LogP contribution in [0.3, 0.4) is 0 Å². The molecule has 0 atom stereocenters. The van der Waals surface area contributed by atoms with Gasteiger partial charge in [-0.1, -0.05) is 12.1 Å². The molecule has 0 aromatic heterocycles. The first-order valence-corrected chi connectivity index (χ1v) is 6.24. The van der Waals surface area contributed by atoms with Crippen molar-refractivity contribution in [2.75, 3.05) is 34.0 Å². The highest BCUT2D eigenvalue weighted by Gasteiger charge is 2.01. The lowest BCUT2D eigenvalue weighted by Crippen LogP contribution is -2.18. The van der Waals surface area contributed by atoms with E-state index in [-0.39, 0.29) is 12.4 Å². The van der Waals surface area contributed by atoms with Gasteiger partial charge < -0.3 is 19.5 Å². The van der Waals surface area contributed by atoms with E-state index >= 15 is 0 Å². The van der Waals surface area contributed by atoms with Gasteiger partial charge in [0.05, 0.1) is 26.7 Å². The van der Waals surface area contributed by atoms with E-state index in [0.717, 1.165) is 24.4 Å². The Morgan fingerprint density at radius 1 is 1.26 bits per heavy atom. The molecule has 1 aromatic rings. The number of hydrogen-bond donors (Lipinski definition) is 1. The van der Waals surface area contributed by atoms with E-state index in [1.165, 1.54) is 7.11 Å². The van der Waals surface area contributed by atoms with Gasteiger partial charge in [0.2, 0.25) is 0 Å². The van der Waals surface area contributed by atoms with Gasteiger partial charge in [0, 0.05) is 20.2 Å². The summed E-state index contributed by atoms with van der Waals surface area (Å²) in [5, 5.41) is 3.26. The molecule has 1 rings (SSSR count). The van der Waals surface area contributed by atoms with Crippen LogP contribution >= 0.6 is 0 Å². The van der Waals surface area contributed by atoms with E-state index in [4.69, 9.17) is 9.47 Å². The Kier molecular flexibility index (Phi) is 7.62. The van der Waals surface area contributed by atoms with Crippen molar-refractivity contribution >= 4 is 5.97 Å². The first-order valence-electron chi connectivity index (χ1n) is 6.24. The molecule has 0 radical (unpaired) electrons. The second kappa shape index (κ2) is 9.35. The van der Waals surface area contributed by atoms with E-state index in [1.54, 1.807) is 7.11 Å². The Balaban J connectivity index is 2.32. The topological polar surface area (TPSA) is 56.8 Å². The molecule has 0 amide bonds. The molecule has 0 fully saturated rings. The Morgan fingerprint density at radius 2 is 2.11 bits per heavy atom. The van der Waals surface area contributed by atoms with Crippen LogP contribution in [0.1, 0.15) is 12.0 Å². The van der Waals surface area contributed by atoms with Crippen LogP contribution < -0.4 is 10.1 Å². The molecule has 0 aliphatic heterocycles. The lowest BCUT2D eigenvalue weighted by molar-refractivity contribution is -0.141. The molecule has 1 N–H and O–H groups in total. The number of ether oxygens (including phenoxy) is 3. The Labute approximate surface area is 113 Å². The van der Waals surface area contributed by atoms with Crippen molar-refractivity contribution in [2.45, 2.75) is 13.0 Å². The molecule has 19 heavy (non-hydrogen) atoms. The van der Waals surface area contributed by atoms with Crippen LogP contribution in [-0.2, 0) is 20.8 Å². The predicted molar refractivity (Wildman–Crippen MR) is 72.2 cm³/mol. The second-order valence-electron chi connectivity index (χ2n) is 3.99. The van der Waals surface area contributed by atoms with E-state index in [1.807, 2.05) is 24.3 Å². The zero-order chi connectivity index (χ0) is 13.9. The van der Waals surface area contributed by atoms with Crippen LogP contribution in [0.5, 0.6) is 5.75 Å². The summed E-state index contributed by atoms with van der Waals surface area (Å²) in [5.41, 5.74) is 1.13. The lowest BCUT2D eigenvalue weighted by atomic mass is 10.2. The fourth-order valence-corrected chi connectivity index (χ4v) is 1.51. The van der Waals surface area contributed by atoms with Crippen LogP contribution in [0.2, 0.25) is 0 Å². The lowest BCUT2D eigenvalue weighted by Gasteiger charge is -2.08. The fourth-order valence-electron chi connectivity index (χ4n) is 1.51. The first-order chi connectivity index (χ1) is 9.26. The predicted octanol–water partition coefficient (Wildman–Crippen LogP) is 1.36. The van der Waals surface area contributed by atoms with Crippen LogP contribution in [0.25, 0.3) is 0 Å². The summed E-state index contributed by atoms with van der Waals surface area (Å²) in [6.45, 7) is 2.59. The van der Waals surface area contributed by atoms with Gasteiger partial charge in [-0.05, 0) is 17.7 Å². The summed E-state index contributed by atoms with van der Waals surface area (Å²) in [6.07, 6.45) is 0.257. The Hall–Kier alpha value is -1.59. The molecular formula is C14H21NO4. The highest BCUT2D eigenvalue weighted by molar-refractivity contribution is 5.69. The van der Waals surface area contributed by atoms with Crippen molar-refractivity contribution in [3.05, 3.63) is 29.8 Å². The molecule has 0 unspecified atom stereocenters. The van der Waals surface area contributed by atoms with Crippen molar-refractivity contribution in [1.29, 1.82) is 0 Å². The molecule has 0 saturated carbocycles. The maximum Gasteiger partial charge on any atom is 0.308 e. The van der Waals surface area contributed by atoms with Crippen LogP contribution in [0, 0.1) is 0 Å². The van der Waals surface area contributed by atoms with E-state index < -0.39 is 0 Å². The monoisotopic (exact) mass is 267 g/mol. The minimum atomic E-state index is -0.266. The Morgan fingerprint density at radius 3 is 2.84 bits per heavy atom. The summed E-state index contributed by atoms with van der Waals surface area (Å²) >= 11 is 0. The minimum Gasteiger partial charge on any atom is -0.493 e. The zero-order valence-corrected chi connectivity index (χ0v) is 11.5.